The zero-order valence-electron chi connectivity index (χ0n) is 12.6. The van der Waals surface area contributed by atoms with Crippen molar-refractivity contribution in [2.75, 3.05) is 37.9 Å². The number of nitrogens with zero attached hydrogens (tertiary/aromatic N) is 4. The number of benzene rings is 1. The first-order valence-corrected chi connectivity index (χ1v) is 8.40. The monoisotopic (exact) mass is 376 g/mol. The van der Waals surface area contributed by atoms with Gasteiger partial charge >= 0.3 is 0 Å². The predicted molar refractivity (Wildman–Crippen MR) is 89.8 cm³/mol. The van der Waals surface area contributed by atoms with Crippen LogP contribution in [0.4, 0.5) is 5.95 Å². The highest BCUT2D eigenvalue weighted by Crippen LogP contribution is 2.32. The number of piperazine rings is 1. The highest BCUT2D eigenvalue weighted by molar-refractivity contribution is 9.10. The molecule has 3 heterocycles. The average molecular weight is 377 g/mol. The van der Waals surface area contributed by atoms with Crippen molar-refractivity contribution in [2.24, 2.45) is 0 Å². The molecule has 2 aromatic rings. The summed E-state index contributed by atoms with van der Waals surface area (Å²) < 4.78 is 11.7. The van der Waals surface area contributed by atoms with Gasteiger partial charge in [-0.3, -0.25) is 4.90 Å². The number of halogens is 1. The first-order chi connectivity index (χ1) is 11.3. The van der Waals surface area contributed by atoms with Gasteiger partial charge in [0.05, 0.1) is 4.47 Å². The van der Waals surface area contributed by atoms with Gasteiger partial charge in [-0.15, -0.1) is 0 Å². The van der Waals surface area contributed by atoms with Gasteiger partial charge < -0.3 is 14.4 Å². The smallest absolute Gasteiger partial charge is 0.231 e. The number of aromatic nitrogens is 2. The summed E-state index contributed by atoms with van der Waals surface area (Å²) in [7, 11) is 0. The van der Waals surface area contributed by atoms with E-state index in [0.29, 0.717) is 6.79 Å². The topological polar surface area (TPSA) is 50.7 Å². The molecule has 6 nitrogen and oxygen atoms in total. The standard InChI is InChI=1S/C16H17BrN4O2/c17-13-8-18-16(19-9-13)21-5-3-20(4-6-21)10-12-1-2-14-15(7-12)23-11-22-14/h1-2,7-9H,3-6,10-11H2. The van der Waals surface area contributed by atoms with Crippen LogP contribution in [0, 0.1) is 0 Å². The van der Waals surface area contributed by atoms with Gasteiger partial charge in [0.15, 0.2) is 11.5 Å². The molecule has 23 heavy (non-hydrogen) atoms. The molecule has 120 valence electrons. The van der Waals surface area contributed by atoms with E-state index in [4.69, 9.17) is 9.47 Å². The molecule has 0 saturated carbocycles. The molecule has 0 radical (unpaired) electrons. The van der Waals surface area contributed by atoms with Crippen molar-refractivity contribution in [3.05, 3.63) is 40.6 Å². The Morgan fingerprint density at radius 1 is 1.00 bits per heavy atom. The minimum absolute atomic E-state index is 0.324. The Kier molecular flexibility index (Phi) is 4.05. The fraction of sp³-hybridized carbons (Fsp3) is 0.375. The molecule has 0 amide bonds. The van der Waals surface area contributed by atoms with Crippen LogP contribution in [0.1, 0.15) is 5.56 Å². The van der Waals surface area contributed by atoms with Crippen LogP contribution in [-0.2, 0) is 6.54 Å². The number of hydrogen-bond acceptors (Lipinski definition) is 6. The highest BCUT2D eigenvalue weighted by atomic mass is 79.9. The van der Waals surface area contributed by atoms with E-state index in [2.05, 4.69) is 47.8 Å². The van der Waals surface area contributed by atoms with Crippen molar-refractivity contribution in [1.82, 2.24) is 14.9 Å². The van der Waals surface area contributed by atoms with Crippen LogP contribution < -0.4 is 14.4 Å². The Balaban J connectivity index is 1.35. The van der Waals surface area contributed by atoms with E-state index in [-0.39, 0.29) is 0 Å². The van der Waals surface area contributed by atoms with Gasteiger partial charge in [0.25, 0.3) is 0 Å². The molecule has 4 rings (SSSR count). The molecule has 0 aliphatic carbocycles. The third-order valence-corrected chi connectivity index (χ3v) is 4.51. The number of fused-ring (bicyclic) bond motifs is 1. The van der Waals surface area contributed by atoms with Crippen molar-refractivity contribution in [1.29, 1.82) is 0 Å². The summed E-state index contributed by atoms with van der Waals surface area (Å²) in [4.78, 5) is 13.4. The maximum atomic E-state index is 5.44. The van der Waals surface area contributed by atoms with Gasteiger partial charge in [-0.2, -0.15) is 0 Å². The quantitative estimate of drug-likeness (QED) is 0.818. The third kappa shape index (κ3) is 3.25. The van der Waals surface area contributed by atoms with Gasteiger partial charge in [0.1, 0.15) is 0 Å². The SMILES string of the molecule is Brc1cnc(N2CCN(Cc3ccc4c(c3)OCO4)CC2)nc1. The average Bonchev–Trinajstić information content (AvgIpc) is 3.04. The van der Waals surface area contributed by atoms with Crippen molar-refractivity contribution < 1.29 is 9.47 Å². The Bertz CT molecular complexity index is 687. The first kappa shape index (κ1) is 14.7. The van der Waals surface area contributed by atoms with Gasteiger partial charge in [-0.1, -0.05) is 6.07 Å². The Hall–Kier alpha value is -1.86. The molecule has 0 unspecified atom stereocenters. The number of rotatable bonds is 3. The van der Waals surface area contributed by atoms with Crippen LogP contribution in [0.5, 0.6) is 11.5 Å². The second-order valence-corrected chi connectivity index (χ2v) is 6.57. The summed E-state index contributed by atoms with van der Waals surface area (Å²) in [6.45, 7) is 5.11. The first-order valence-electron chi connectivity index (χ1n) is 7.61. The zero-order chi connectivity index (χ0) is 15.6. The number of ether oxygens (including phenoxy) is 2. The van der Waals surface area contributed by atoms with Crippen molar-refractivity contribution in [2.45, 2.75) is 6.54 Å². The molecular weight excluding hydrogens is 360 g/mol. The van der Waals surface area contributed by atoms with Crippen LogP contribution in [-0.4, -0.2) is 47.8 Å². The second-order valence-electron chi connectivity index (χ2n) is 5.65. The van der Waals surface area contributed by atoms with E-state index in [1.54, 1.807) is 12.4 Å². The van der Waals surface area contributed by atoms with Crippen LogP contribution in [0.3, 0.4) is 0 Å². The molecule has 1 saturated heterocycles. The highest BCUT2D eigenvalue weighted by Gasteiger charge is 2.20. The van der Waals surface area contributed by atoms with E-state index >= 15 is 0 Å². The largest absolute Gasteiger partial charge is 0.454 e. The van der Waals surface area contributed by atoms with E-state index in [9.17, 15) is 0 Å². The molecule has 2 aliphatic heterocycles. The molecule has 0 spiro atoms. The van der Waals surface area contributed by atoms with Crippen molar-refractivity contribution in [3.8, 4) is 11.5 Å². The number of anilines is 1. The lowest BCUT2D eigenvalue weighted by Crippen LogP contribution is -2.46. The third-order valence-electron chi connectivity index (χ3n) is 4.10. The predicted octanol–water partition coefficient (Wildman–Crippen LogP) is 2.29. The Morgan fingerprint density at radius 2 is 1.74 bits per heavy atom. The van der Waals surface area contributed by atoms with Crippen LogP contribution >= 0.6 is 15.9 Å². The minimum atomic E-state index is 0.324. The van der Waals surface area contributed by atoms with Crippen LogP contribution in [0.25, 0.3) is 0 Å². The summed E-state index contributed by atoms with van der Waals surface area (Å²) in [6.07, 6.45) is 3.59. The molecular formula is C16H17BrN4O2. The lowest BCUT2D eigenvalue weighted by Gasteiger charge is -2.34. The molecule has 0 atom stereocenters. The Labute approximate surface area is 143 Å². The van der Waals surface area contributed by atoms with E-state index < -0.39 is 0 Å². The fourth-order valence-corrected chi connectivity index (χ4v) is 3.08. The fourth-order valence-electron chi connectivity index (χ4n) is 2.87. The molecule has 1 aromatic carbocycles. The number of hydrogen-bond donors (Lipinski definition) is 0. The van der Waals surface area contributed by atoms with Gasteiger partial charge in [-0.05, 0) is 33.6 Å². The molecule has 1 aromatic heterocycles. The normalized spacial score (nSPS) is 17.5. The van der Waals surface area contributed by atoms with Crippen LogP contribution in [0.15, 0.2) is 35.1 Å². The maximum absolute atomic E-state index is 5.44. The van der Waals surface area contributed by atoms with E-state index in [1.165, 1.54) is 5.56 Å². The summed E-state index contributed by atoms with van der Waals surface area (Å²) in [5, 5.41) is 0. The van der Waals surface area contributed by atoms with Crippen molar-refractivity contribution in [3.63, 3.8) is 0 Å². The Morgan fingerprint density at radius 3 is 2.52 bits per heavy atom. The molecule has 0 bridgehead atoms. The summed E-state index contributed by atoms with van der Waals surface area (Å²) >= 11 is 3.37. The second kappa shape index (κ2) is 6.33. The lowest BCUT2D eigenvalue weighted by atomic mass is 10.1. The van der Waals surface area contributed by atoms with Gasteiger partial charge in [-0.25, -0.2) is 9.97 Å². The zero-order valence-corrected chi connectivity index (χ0v) is 14.2. The molecule has 1 fully saturated rings. The minimum Gasteiger partial charge on any atom is -0.454 e. The van der Waals surface area contributed by atoms with E-state index in [1.807, 2.05) is 6.07 Å². The molecule has 2 aliphatic rings. The maximum Gasteiger partial charge on any atom is 0.231 e. The lowest BCUT2D eigenvalue weighted by molar-refractivity contribution is 0.174. The summed E-state index contributed by atoms with van der Waals surface area (Å²) in [5.74, 6) is 2.49. The molecule has 7 heteroatoms. The summed E-state index contributed by atoms with van der Waals surface area (Å²) in [5.41, 5.74) is 1.25. The van der Waals surface area contributed by atoms with Crippen LogP contribution in [0.2, 0.25) is 0 Å². The van der Waals surface area contributed by atoms with Gasteiger partial charge in [0.2, 0.25) is 12.7 Å². The van der Waals surface area contributed by atoms with Crippen molar-refractivity contribution >= 4 is 21.9 Å². The van der Waals surface area contributed by atoms with Gasteiger partial charge in [0, 0.05) is 45.1 Å². The molecule has 0 N–H and O–H groups in total. The van der Waals surface area contributed by atoms with E-state index in [0.717, 1.165) is 54.6 Å². The summed E-state index contributed by atoms with van der Waals surface area (Å²) in [6, 6.07) is 6.17.